The molecule has 1 rings (SSSR count). The molecule has 0 radical (unpaired) electrons. The van der Waals surface area contributed by atoms with E-state index >= 15 is 0 Å². The van der Waals surface area contributed by atoms with Crippen LogP contribution in [0.2, 0.25) is 0 Å². The average Bonchev–Trinajstić information content (AvgIpc) is 2.29. The maximum absolute atomic E-state index is 7.46. The molecule has 0 aliphatic carbocycles. The molecule has 1 aromatic carbocycles. The topological polar surface area (TPSA) is 62.3 Å². The molecule has 0 bridgehead atoms. The zero-order chi connectivity index (χ0) is 13.7. The fraction of sp³-hybridized carbons (Fsp3) is 0.462. The Kier molecular flexibility index (Phi) is 5.62. The lowest BCUT2D eigenvalue weighted by Gasteiger charge is -2.30. The zero-order valence-corrected chi connectivity index (χ0v) is 12.6. The van der Waals surface area contributed by atoms with Gasteiger partial charge in [-0.25, -0.2) is 0 Å². The number of hydrogen-bond donors (Lipinski definition) is 2. The largest absolute Gasteiger partial charge is 0.384 e. The highest BCUT2D eigenvalue weighted by Gasteiger charge is 2.14. The number of methoxy groups -OCH3 is 1. The third kappa shape index (κ3) is 3.46. The molecule has 1 unspecified atom stereocenters. The molecule has 4 nitrogen and oxygen atoms in total. The molecule has 0 saturated carbocycles. The molecule has 18 heavy (non-hydrogen) atoms. The number of nitrogens with one attached hydrogen (secondary N) is 1. The predicted molar refractivity (Wildman–Crippen MR) is 79.5 cm³/mol. The normalized spacial score (nSPS) is 12.2. The molecule has 0 aliphatic heterocycles. The van der Waals surface area contributed by atoms with Crippen molar-refractivity contribution in [1.29, 1.82) is 5.41 Å². The van der Waals surface area contributed by atoms with Crippen LogP contribution in [0, 0.1) is 5.41 Å². The lowest BCUT2D eigenvalue weighted by atomic mass is 10.1. The minimum atomic E-state index is 0.0708. The van der Waals surface area contributed by atoms with Gasteiger partial charge in [0.25, 0.3) is 0 Å². The molecular formula is C13H20BrN3O. The monoisotopic (exact) mass is 313 g/mol. The number of nitrogens with zero attached hydrogens (tertiary/aromatic N) is 1. The minimum absolute atomic E-state index is 0.0708. The fourth-order valence-electron chi connectivity index (χ4n) is 1.98. The molecular weight excluding hydrogens is 294 g/mol. The fourth-order valence-corrected chi connectivity index (χ4v) is 2.56. The van der Waals surface area contributed by atoms with Gasteiger partial charge in [-0.15, -0.1) is 0 Å². The Morgan fingerprint density at radius 1 is 1.56 bits per heavy atom. The van der Waals surface area contributed by atoms with Crippen LogP contribution in [-0.4, -0.2) is 32.1 Å². The van der Waals surface area contributed by atoms with Crippen LogP contribution in [0.15, 0.2) is 22.7 Å². The molecule has 100 valence electrons. The first-order valence-corrected chi connectivity index (χ1v) is 6.70. The summed E-state index contributed by atoms with van der Waals surface area (Å²) in [6.45, 7) is 5.81. The third-order valence-corrected chi connectivity index (χ3v) is 3.51. The molecule has 1 aromatic rings. The summed E-state index contributed by atoms with van der Waals surface area (Å²) in [6.07, 6.45) is 0. The van der Waals surface area contributed by atoms with Gasteiger partial charge in [0.05, 0.1) is 6.61 Å². The number of anilines is 1. The Balaban J connectivity index is 3.01. The van der Waals surface area contributed by atoms with Crippen LogP contribution in [0.5, 0.6) is 0 Å². The van der Waals surface area contributed by atoms with Crippen molar-refractivity contribution in [2.24, 2.45) is 5.73 Å². The number of nitrogen functional groups attached to an aromatic ring is 1. The Bertz CT molecular complexity index is 423. The molecule has 0 heterocycles. The number of likely N-dealkylation sites (N-methyl/N-ethyl adjacent to an activating group) is 1. The van der Waals surface area contributed by atoms with E-state index in [1.165, 1.54) is 0 Å². The number of rotatable bonds is 6. The van der Waals surface area contributed by atoms with E-state index in [2.05, 4.69) is 34.7 Å². The Labute approximate surface area is 117 Å². The number of nitrogens with two attached hydrogens (primary N) is 1. The molecule has 5 heteroatoms. The maximum atomic E-state index is 7.46. The van der Waals surface area contributed by atoms with Crippen LogP contribution >= 0.6 is 15.9 Å². The van der Waals surface area contributed by atoms with Gasteiger partial charge in [-0.2, -0.15) is 0 Å². The van der Waals surface area contributed by atoms with Crippen molar-refractivity contribution < 1.29 is 4.74 Å². The second-order valence-corrected chi connectivity index (χ2v) is 5.02. The van der Waals surface area contributed by atoms with Gasteiger partial charge in [0, 0.05) is 35.4 Å². The van der Waals surface area contributed by atoms with Gasteiger partial charge in [0.15, 0.2) is 0 Å². The van der Waals surface area contributed by atoms with E-state index in [9.17, 15) is 0 Å². The second kappa shape index (κ2) is 6.75. The van der Waals surface area contributed by atoms with Crippen molar-refractivity contribution in [3.8, 4) is 0 Å². The van der Waals surface area contributed by atoms with Crippen LogP contribution < -0.4 is 10.6 Å². The highest BCUT2D eigenvalue weighted by molar-refractivity contribution is 9.10. The first-order valence-electron chi connectivity index (χ1n) is 5.90. The Morgan fingerprint density at radius 2 is 2.22 bits per heavy atom. The minimum Gasteiger partial charge on any atom is -0.384 e. The summed E-state index contributed by atoms with van der Waals surface area (Å²) in [5, 5.41) is 7.46. The summed E-state index contributed by atoms with van der Waals surface area (Å²) in [5.41, 5.74) is 7.31. The number of benzene rings is 1. The standard InChI is InChI=1S/C13H20BrN3O/c1-4-17(9(2)8-18-3)10-5-6-11(13(15)16)12(14)7-10/h5-7,9H,4,8H2,1-3H3,(H3,15,16). The number of ether oxygens (including phenoxy) is 1. The van der Waals surface area contributed by atoms with Crippen LogP contribution in [0.4, 0.5) is 5.69 Å². The van der Waals surface area contributed by atoms with Gasteiger partial charge in [-0.3, -0.25) is 5.41 Å². The summed E-state index contributed by atoms with van der Waals surface area (Å²) >= 11 is 3.45. The molecule has 0 spiro atoms. The van der Waals surface area contributed by atoms with E-state index in [4.69, 9.17) is 15.9 Å². The van der Waals surface area contributed by atoms with Gasteiger partial charge in [-0.05, 0) is 48.0 Å². The van der Waals surface area contributed by atoms with Gasteiger partial charge in [-0.1, -0.05) is 0 Å². The van der Waals surface area contributed by atoms with Crippen LogP contribution in [0.3, 0.4) is 0 Å². The predicted octanol–water partition coefficient (Wildman–Crippen LogP) is 2.59. The third-order valence-electron chi connectivity index (χ3n) is 2.86. The molecule has 0 aliphatic rings. The van der Waals surface area contributed by atoms with Crippen LogP contribution in [0.1, 0.15) is 19.4 Å². The Morgan fingerprint density at radius 3 is 2.67 bits per heavy atom. The van der Waals surface area contributed by atoms with Gasteiger partial charge >= 0.3 is 0 Å². The van der Waals surface area contributed by atoms with Crippen LogP contribution in [-0.2, 0) is 4.74 Å². The van der Waals surface area contributed by atoms with E-state index in [1.54, 1.807) is 7.11 Å². The smallest absolute Gasteiger partial charge is 0.123 e. The van der Waals surface area contributed by atoms with Crippen molar-refractivity contribution in [3.63, 3.8) is 0 Å². The molecule has 0 aromatic heterocycles. The summed E-state index contributed by atoms with van der Waals surface area (Å²) in [4.78, 5) is 2.25. The highest BCUT2D eigenvalue weighted by Crippen LogP contribution is 2.25. The van der Waals surface area contributed by atoms with Gasteiger partial charge in [0.1, 0.15) is 5.84 Å². The van der Waals surface area contributed by atoms with Crippen molar-refractivity contribution in [2.45, 2.75) is 19.9 Å². The second-order valence-electron chi connectivity index (χ2n) is 4.17. The van der Waals surface area contributed by atoms with Crippen LogP contribution in [0.25, 0.3) is 0 Å². The van der Waals surface area contributed by atoms with E-state index < -0.39 is 0 Å². The average molecular weight is 314 g/mol. The molecule has 0 fully saturated rings. The van der Waals surface area contributed by atoms with E-state index in [1.807, 2.05) is 18.2 Å². The summed E-state index contributed by atoms with van der Waals surface area (Å²) < 4.78 is 6.04. The van der Waals surface area contributed by atoms with E-state index in [0.29, 0.717) is 18.2 Å². The van der Waals surface area contributed by atoms with Gasteiger partial charge in [0.2, 0.25) is 0 Å². The SMILES string of the molecule is CCN(c1ccc(C(=N)N)c(Br)c1)C(C)COC. The Hall–Kier alpha value is -1.07. The maximum Gasteiger partial charge on any atom is 0.123 e. The van der Waals surface area contributed by atoms with Gasteiger partial charge < -0.3 is 15.4 Å². The molecule has 0 amide bonds. The number of hydrogen-bond acceptors (Lipinski definition) is 3. The molecule has 0 saturated heterocycles. The van der Waals surface area contributed by atoms with Crippen molar-refractivity contribution in [1.82, 2.24) is 0 Å². The number of amidine groups is 1. The lowest BCUT2D eigenvalue weighted by Crippen LogP contribution is -2.36. The van der Waals surface area contributed by atoms with Crippen molar-refractivity contribution in [3.05, 3.63) is 28.2 Å². The van der Waals surface area contributed by atoms with E-state index in [0.717, 1.165) is 16.7 Å². The quantitative estimate of drug-likeness (QED) is 0.627. The molecule has 1 atom stereocenters. The lowest BCUT2D eigenvalue weighted by molar-refractivity contribution is 0.182. The van der Waals surface area contributed by atoms with Crippen molar-refractivity contribution >= 4 is 27.5 Å². The first kappa shape index (κ1) is 15.0. The summed E-state index contributed by atoms with van der Waals surface area (Å²) in [6, 6.07) is 6.14. The van der Waals surface area contributed by atoms with E-state index in [-0.39, 0.29) is 5.84 Å². The summed E-state index contributed by atoms with van der Waals surface area (Å²) in [7, 11) is 1.71. The number of halogens is 1. The highest BCUT2D eigenvalue weighted by atomic mass is 79.9. The van der Waals surface area contributed by atoms with Crippen molar-refractivity contribution in [2.75, 3.05) is 25.2 Å². The molecule has 3 N–H and O–H groups in total. The first-order chi connectivity index (χ1) is 8.51. The summed E-state index contributed by atoms with van der Waals surface area (Å²) in [5.74, 6) is 0.0708. The zero-order valence-electron chi connectivity index (χ0n) is 11.0.